The second kappa shape index (κ2) is 11.6. The predicted octanol–water partition coefficient (Wildman–Crippen LogP) is 2.52. The number of rotatable bonds is 5. The largest absolute Gasteiger partial charge is 0.355 e. The topological polar surface area (TPSA) is 88.3 Å². The van der Waals surface area contributed by atoms with E-state index in [4.69, 9.17) is 5.73 Å². The van der Waals surface area contributed by atoms with Crippen LogP contribution < -0.4 is 11.1 Å². The number of amides is 2. The van der Waals surface area contributed by atoms with Gasteiger partial charge in [0, 0.05) is 44.1 Å². The quantitative estimate of drug-likeness (QED) is 0.771. The number of carbonyl (C=O) groups excluding carboxylic acids is 2. The molecule has 1 atom stereocenters. The van der Waals surface area contributed by atoms with Gasteiger partial charge in [-0.1, -0.05) is 30.3 Å². The molecule has 2 aromatic rings. The van der Waals surface area contributed by atoms with E-state index in [1.54, 1.807) is 17.3 Å². The van der Waals surface area contributed by atoms with Crippen LogP contribution in [0.5, 0.6) is 0 Å². The summed E-state index contributed by atoms with van der Waals surface area (Å²) in [5, 5.41) is 2.82. The van der Waals surface area contributed by atoms with Gasteiger partial charge in [-0.3, -0.25) is 14.6 Å². The van der Waals surface area contributed by atoms with Gasteiger partial charge < -0.3 is 16.0 Å². The Morgan fingerprint density at radius 1 is 1.14 bits per heavy atom. The molecule has 2 amide bonds. The first-order valence-corrected chi connectivity index (χ1v) is 8.96. The van der Waals surface area contributed by atoms with Crippen LogP contribution in [0.4, 0.5) is 0 Å². The van der Waals surface area contributed by atoms with Crippen molar-refractivity contribution in [1.82, 2.24) is 15.2 Å². The van der Waals surface area contributed by atoms with E-state index in [1.165, 1.54) is 0 Å². The number of carbonyl (C=O) groups is 2. The summed E-state index contributed by atoms with van der Waals surface area (Å²) in [5.74, 6) is -0.278. The van der Waals surface area contributed by atoms with Crippen molar-refractivity contribution in [1.29, 1.82) is 0 Å². The van der Waals surface area contributed by atoms with Crippen LogP contribution in [0.2, 0.25) is 0 Å². The minimum absolute atomic E-state index is 0. The highest BCUT2D eigenvalue weighted by molar-refractivity contribution is 5.95. The number of hydrogen-bond donors (Lipinski definition) is 2. The molecule has 1 fully saturated rings. The fourth-order valence-corrected chi connectivity index (χ4v) is 3.24. The van der Waals surface area contributed by atoms with Crippen molar-refractivity contribution in [2.75, 3.05) is 26.2 Å². The Morgan fingerprint density at radius 3 is 2.61 bits per heavy atom. The highest BCUT2D eigenvalue weighted by Gasteiger charge is 2.28. The zero-order valence-corrected chi connectivity index (χ0v) is 17.2. The van der Waals surface area contributed by atoms with Crippen LogP contribution in [0.15, 0.2) is 48.8 Å². The van der Waals surface area contributed by atoms with E-state index >= 15 is 0 Å². The molecule has 2 heterocycles. The molecule has 3 N–H and O–H groups in total. The van der Waals surface area contributed by atoms with Gasteiger partial charge in [0.15, 0.2) is 0 Å². The van der Waals surface area contributed by atoms with Gasteiger partial charge in [0.2, 0.25) is 5.91 Å². The summed E-state index contributed by atoms with van der Waals surface area (Å²) in [6, 6.07) is 11.7. The van der Waals surface area contributed by atoms with Gasteiger partial charge in [0.25, 0.3) is 5.91 Å². The average molecular weight is 425 g/mol. The lowest BCUT2D eigenvalue weighted by molar-refractivity contribution is -0.126. The molecule has 6 nitrogen and oxygen atoms in total. The Balaban J connectivity index is 0.00000196. The smallest absolute Gasteiger partial charge is 0.255 e. The Labute approximate surface area is 177 Å². The molecule has 28 heavy (non-hydrogen) atoms. The molecule has 3 rings (SSSR count). The monoisotopic (exact) mass is 424 g/mol. The lowest BCUT2D eigenvalue weighted by atomic mass is 9.96. The molecule has 1 aromatic carbocycles. The minimum atomic E-state index is -0.176. The molecule has 1 aliphatic rings. The number of piperidine rings is 1. The van der Waals surface area contributed by atoms with Crippen molar-refractivity contribution in [3.8, 4) is 11.1 Å². The second-order valence-electron chi connectivity index (χ2n) is 6.50. The average Bonchev–Trinajstić information content (AvgIpc) is 2.72. The number of pyridine rings is 1. The lowest BCUT2D eigenvalue weighted by Gasteiger charge is -2.32. The summed E-state index contributed by atoms with van der Waals surface area (Å²) >= 11 is 0. The van der Waals surface area contributed by atoms with Crippen LogP contribution in [-0.4, -0.2) is 47.9 Å². The lowest BCUT2D eigenvalue weighted by Crippen LogP contribution is -2.46. The Kier molecular flexibility index (Phi) is 9.93. The molecule has 1 aromatic heterocycles. The third-order valence-corrected chi connectivity index (χ3v) is 4.62. The SMILES string of the molecule is Cl.Cl.NCCNC(=O)C1CCCN(C(=O)c2cncc(-c3ccccc3)c2)C1. The maximum atomic E-state index is 12.9. The number of aromatic nitrogens is 1. The number of nitrogens with zero attached hydrogens (tertiary/aromatic N) is 2. The number of halogens is 2. The van der Waals surface area contributed by atoms with Crippen molar-refractivity contribution in [3.63, 3.8) is 0 Å². The summed E-state index contributed by atoms with van der Waals surface area (Å²) < 4.78 is 0. The van der Waals surface area contributed by atoms with Crippen LogP contribution in [0.1, 0.15) is 23.2 Å². The highest BCUT2D eigenvalue weighted by atomic mass is 35.5. The van der Waals surface area contributed by atoms with Crippen LogP contribution in [0.3, 0.4) is 0 Å². The minimum Gasteiger partial charge on any atom is -0.355 e. The number of nitrogens with two attached hydrogens (primary N) is 1. The van der Waals surface area contributed by atoms with Gasteiger partial charge in [-0.05, 0) is 24.5 Å². The zero-order chi connectivity index (χ0) is 18.4. The van der Waals surface area contributed by atoms with E-state index in [0.29, 0.717) is 31.7 Å². The number of nitrogens with one attached hydrogen (secondary N) is 1. The van der Waals surface area contributed by atoms with E-state index in [1.807, 2.05) is 36.4 Å². The van der Waals surface area contributed by atoms with Gasteiger partial charge in [-0.2, -0.15) is 0 Å². The number of likely N-dealkylation sites (tertiary alicyclic amines) is 1. The van der Waals surface area contributed by atoms with Gasteiger partial charge in [0.1, 0.15) is 0 Å². The molecule has 8 heteroatoms. The van der Waals surface area contributed by atoms with E-state index < -0.39 is 0 Å². The van der Waals surface area contributed by atoms with E-state index in [-0.39, 0.29) is 42.5 Å². The summed E-state index contributed by atoms with van der Waals surface area (Å²) in [6.45, 7) is 1.98. The summed E-state index contributed by atoms with van der Waals surface area (Å²) in [4.78, 5) is 31.1. The van der Waals surface area contributed by atoms with Gasteiger partial charge >= 0.3 is 0 Å². The second-order valence-corrected chi connectivity index (χ2v) is 6.50. The van der Waals surface area contributed by atoms with Crippen LogP contribution in [0, 0.1) is 5.92 Å². The molecule has 1 unspecified atom stereocenters. The molecule has 0 aliphatic carbocycles. The summed E-state index contributed by atoms with van der Waals surface area (Å²) in [6.07, 6.45) is 4.96. The summed E-state index contributed by atoms with van der Waals surface area (Å²) in [7, 11) is 0. The van der Waals surface area contributed by atoms with Crippen molar-refractivity contribution in [3.05, 3.63) is 54.4 Å². The molecule has 0 radical (unpaired) electrons. The highest BCUT2D eigenvalue weighted by Crippen LogP contribution is 2.22. The Bertz CT molecular complexity index is 774. The molecule has 0 saturated carbocycles. The zero-order valence-electron chi connectivity index (χ0n) is 15.5. The van der Waals surface area contributed by atoms with Crippen molar-refractivity contribution < 1.29 is 9.59 Å². The maximum absolute atomic E-state index is 12.9. The standard InChI is InChI=1S/C20H24N4O2.2ClH/c21-8-9-23-19(25)16-7-4-10-24(14-16)20(26)18-11-17(12-22-13-18)15-5-2-1-3-6-15;;/h1-3,5-6,11-13,16H,4,7-10,14,21H2,(H,23,25);2*1H. The van der Waals surface area contributed by atoms with E-state index in [2.05, 4.69) is 10.3 Å². The molecule has 1 saturated heterocycles. The van der Waals surface area contributed by atoms with Gasteiger partial charge in [-0.25, -0.2) is 0 Å². The first-order chi connectivity index (χ1) is 12.7. The Morgan fingerprint density at radius 2 is 1.89 bits per heavy atom. The molecule has 1 aliphatic heterocycles. The molecule has 0 spiro atoms. The third kappa shape index (κ3) is 5.92. The number of hydrogen-bond acceptors (Lipinski definition) is 4. The number of benzene rings is 1. The van der Waals surface area contributed by atoms with Gasteiger partial charge in [0.05, 0.1) is 11.5 Å². The van der Waals surface area contributed by atoms with Crippen molar-refractivity contribution in [2.24, 2.45) is 11.7 Å². The summed E-state index contributed by atoms with van der Waals surface area (Å²) in [5.41, 5.74) is 7.91. The van der Waals surface area contributed by atoms with Crippen molar-refractivity contribution >= 4 is 36.6 Å². The third-order valence-electron chi connectivity index (χ3n) is 4.62. The normalized spacial score (nSPS) is 15.8. The fraction of sp³-hybridized carbons (Fsp3) is 0.350. The molecule has 0 bridgehead atoms. The first kappa shape index (κ1) is 23.9. The Hall–Kier alpha value is -2.15. The van der Waals surface area contributed by atoms with Crippen LogP contribution in [0.25, 0.3) is 11.1 Å². The maximum Gasteiger partial charge on any atom is 0.255 e. The fourth-order valence-electron chi connectivity index (χ4n) is 3.24. The first-order valence-electron chi connectivity index (χ1n) is 8.96. The van der Waals surface area contributed by atoms with Gasteiger partial charge in [-0.15, -0.1) is 24.8 Å². The van der Waals surface area contributed by atoms with Crippen LogP contribution in [-0.2, 0) is 4.79 Å². The molecule has 152 valence electrons. The molecular weight excluding hydrogens is 399 g/mol. The van der Waals surface area contributed by atoms with E-state index in [0.717, 1.165) is 24.0 Å². The molecular formula is C20H26Cl2N4O2. The predicted molar refractivity (Wildman–Crippen MR) is 115 cm³/mol. The van der Waals surface area contributed by atoms with E-state index in [9.17, 15) is 9.59 Å². The van der Waals surface area contributed by atoms with Crippen molar-refractivity contribution in [2.45, 2.75) is 12.8 Å². The van der Waals surface area contributed by atoms with Crippen LogP contribution >= 0.6 is 24.8 Å².